The molecule has 8 nitrogen and oxygen atoms in total. The molecule has 156 valence electrons. The summed E-state index contributed by atoms with van der Waals surface area (Å²) in [4.78, 5) is 15.7. The van der Waals surface area contributed by atoms with Crippen molar-refractivity contribution in [3.8, 4) is 6.07 Å². The Bertz CT molecular complexity index is 965. The third kappa shape index (κ3) is 4.45. The van der Waals surface area contributed by atoms with Crippen molar-refractivity contribution in [2.75, 3.05) is 18.5 Å². The Balaban J connectivity index is 2.01. The highest BCUT2D eigenvalue weighted by atomic mass is 127. The van der Waals surface area contributed by atoms with E-state index in [9.17, 15) is 14.4 Å². The van der Waals surface area contributed by atoms with Gasteiger partial charge in [0, 0.05) is 19.4 Å². The number of esters is 1. The van der Waals surface area contributed by atoms with Crippen LogP contribution >= 0.6 is 22.6 Å². The molecule has 0 aliphatic carbocycles. The van der Waals surface area contributed by atoms with Crippen LogP contribution in [0.5, 0.6) is 0 Å². The lowest BCUT2D eigenvalue weighted by Gasteiger charge is -2.31. The Kier molecular flexibility index (Phi) is 6.28. The molecule has 0 bridgehead atoms. The predicted molar refractivity (Wildman–Crippen MR) is 112 cm³/mol. The molecule has 29 heavy (non-hydrogen) atoms. The summed E-state index contributed by atoms with van der Waals surface area (Å²) in [7, 11) is 0. The highest BCUT2D eigenvalue weighted by Crippen LogP contribution is 2.36. The van der Waals surface area contributed by atoms with Gasteiger partial charge < -0.3 is 14.8 Å². The van der Waals surface area contributed by atoms with Gasteiger partial charge >= 0.3 is 5.97 Å². The summed E-state index contributed by atoms with van der Waals surface area (Å²) < 4.78 is 27.7. The molecular formula is C19H23FIN5O3. The van der Waals surface area contributed by atoms with Gasteiger partial charge in [-0.2, -0.15) is 5.26 Å². The van der Waals surface area contributed by atoms with Gasteiger partial charge in [0.2, 0.25) is 5.95 Å². The van der Waals surface area contributed by atoms with E-state index in [1.165, 1.54) is 20.8 Å². The minimum atomic E-state index is -1.54. The number of halogens is 2. The molecule has 1 fully saturated rings. The minimum absolute atomic E-state index is 0.214. The van der Waals surface area contributed by atoms with E-state index >= 15 is 0 Å². The molecule has 0 amide bonds. The average molecular weight is 515 g/mol. The van der Waals surface area contributed by atoms with Crippen LogP contribution in [0.15, 0.2) is 6.20 Å². The van der Waals surface area contributed by atoms with Crippen LogP contribution < -0.4 is 5.32 Å². The van der Waals surface area contributed by atoms with Crippen LogP contribution in [-0.4, -0.2) is 51.6 Å². The number of aromatic nitrogens is 3. The van der Waals surface area contributed by atoms with E-state index in [4.69, 9.17) is 9.47 Å². The van der Waals surface area contributed by atoms with E-state index in [1.807, 2.05) is 0 Å². The Hall–Kier alpha value is -2.00. The molecule has 2 aromatic heterocycles. The zero-order valence-corrected chi connectivity index (χ0v) is 18.9. The number of nitrogens with zero attached hydrogens (tertiary/aromatic N) is 4. The predicted octanol–water partition coefficient (Wildman–Crippen LogP) is 3.19. The number of nitriles is 1. The van der Waals surface area contributed by atoms with Crippen LogP contribution in [0.2, 0.25) is 0 Å². The van der Waals surface area contributed by atoms with E-state index in [1.54, 1.807) is 17.6 Å². The molecule has 2 aromatic rings. The van der Waals surface area contributed by atoms with Crippen LogP contribution in [-0.2, 0) is 14.3 Å². The smallest absolute Gasteiger partial charge is 0.303 e. The second kappa shape index (κ2) is 8.39. The lowest BCUT2D eigenvalue weighted by molar-refractivity contribution is -0.153. The number of hydrogen-bond acceptors (Lipinski definition) is 7. The van der Waals surface area contributed by atoms with Crippen LogP contribution in [0.25, 0.3) is 5.52 Å². The molecule has 0 aromatic carbocycles. The van der Waals surface area contributed by atoms with Crippen molar-refractivity contribution in [2.45, 2.75) is 57.8 Å². The molecule has 3 atom stereocenters. The second-order valence-electron chi connectivity index (χ2n) is 7.61. The summed E-state index contributed by atoms with van der Waals surface area (Å²) in [6.07, 6.45) is 1.77. The normalized spacial score (nSPS) is 20.9. The summed E-state index contributed by atoms with van der Waals surface area (Å²) in [5, 5.41) is 17.4. The molecule has 3 heterocycles. The summed E-state index contributed by atoms with van der Waals surface area (Å²) in [6, 6.07) is 1.96. The van der Waals surface area contributed by atoms with Crippen molar-refractivity contribution in [3.63, 3.8) is 0 Å². The highest BCUT2D eigenvalue weighted by molar-refractivity contribution is 14.1. The van der Waals surface area contributed by atoms with Gasteiger partial charge in [-0.25, -0.2) is 13.9 Å². The minimum Gasteiger partial charge on any atom is -0.458 e. The Morgan fingerprint density at radius 2 is 2.31 bits per heavy atom. The number of anilines is 1. The Labute approximate surface area is 181 Å². The van der Waals surface area contributed by atoms with Crippen LogP contribution in [0.1, 0.15) is 51.3 Å². The van der Waals surface area contributed by atoms with Gasteiger partial charge in [-0.05, 0) is 42.9 Å². The average Bonchev–Trinajstić information content (AvgIpc) is 2.92. The van der Waals surface area contributed by atoms with Crippen molar-refractivity contribution < 1.29 is 18.7 Å². The number of rotatable bonds is 5. The van der Waals surface area contributed by atoms with E-state index < -0.39 is 17.7 Å². The molecule has 0 saturated carbocycles. The van der Waals surface area contributed by atoms with E-state index in [2.05, 4.69) is 44.1 Å². The van der Waals surface area contributed by atoms with Gasteiger partial charge in [0.15, 0.2) is 0 Å². The van der Waals surface area contributed by atoms with Gasteiger partial charge in [0.1, 0.15) is 17.8 Å². The van der Waals surface area contributed by atoms with Gasteiger partial charge in [0.25, 0.3) is 0 Å². The first-order valence-electron chi connectivity index (χ1n) is 9.31. The van der Waals surface area contributed by atoms with Crippen LogP contribution in [0.4, 0.5) is 10.3 Å². The molecule has 1 saturated heterocycles. The Morgan fingerprint density at radius 3 is 2.93 bits per heavy atom. The summed E-state index contributed by atoms with van der Waals surface area (Å²) >= 11 is 2.06. The molecule has 0 radical (unpaired) electrons. The zero-order chi connectivity index (χ0) is 21.3. The SMILES string of the molecule is CC(=O)OC1COCCC1Nc1ncc2c(I)c(C#N)c(C(C)C(C)(C)F)n2n1. The highest BCUT2D eigenvalue weighted by Gasteiger charge is 2.34. The monoisotopic (exact) mass is 515 g/mol. The van der Waals surface area contributed by atoms with Crippen molar-refractivity contribution in [1.82, 2.24) is 14.6 Å². The van der Waals surface area contributed by atoms with Gasteiger partial charge in [-0.1, -0.05) is 6.92 Å². The number of carbonyl (C=O) groups is 1. The maximum absolute atomic E-state index is 14.7. The topological polar surface area (TPSA) is 102 Å². The molecule has 10 heteroatoms. The van der Waals surface area contributed by atoms with Crippen LogP contribution in [0.3, 0.4) is 0 Å². The number of fused-ring (bicyclic) bond motifs is 1. The molecule has 1 aliphatic heterocycles. The van der Waals surface area contributed by atoms with E-state index in [0.717, 1.165) is 0 Å². The van der Waals surface area contributed by atoms with E-state index in [0.29, 0.717) is 39.3 Å². The maximum atomic E-state index is 14.7. The van der Waals surface area contributed by atoms with Gasteiger partial charge in [-0.15, -0.1) is 5.10 Å². The third-order valence-corrected chi connectivity index (χ3v) is 6.24. The standard InChI is InChI=1S/C19H23FIN5O3/c1-10(19(3,4)20)17-12(7-22)16(21)14-8-23-18(25-26(14)17)24-13-5-6-28-9-15(13)29-11(2)27/h8,10,13,15H,5-6,9H2,1-4H3,(H,24,25). The third-order valence-electron chi connectivity index (χ3n) is 5.15. The number of nitrogens with one attached hydrogen (secondary N) is 1. The fourth-order valence-corrected chi connectivity index (χ4v) is 4.07. The fraction of sp³-hybridized carbons (Fsp3) is 0.579. The number of ether oxygens (including phenoxy) is 2. The molecule has 0 spiro atoms. The lowest BCUT2D eigenvalue weighted by Crippen LogP contribution is -2.44. The number of carbonyl (C=O) groups excluding carboxylic acids is 1. The first kappa shape index (κ1) is 21.7. The molecule has 1 N–H and O–H groups in total. The number of hydrogen-bond donors (Lipinski definition) is 1. The summed E-state index contributed by atoms with van der Waals surface area (Å²) in [6.45, 7) is 6.87. The zero-order valence-electron chi connectivity index (χ0n) is 16.7. The second-order valence-corrected chi connectivity index (χ2v) is 8.69. The lowest BCUT2D eigenvalue weighted by atomic mass is 9.90. The van der Waals surface area contributed by atoms with Crippen LogP contribution in [0, 0.1) is 14.9 Å². The van der Waals surface area contributed by atoms with Crippen molar-refractivity contribution in [1.29, 1.82) is 5.26 Å². The molecular weight excluding hydrogens is 492 g/mol. The van der Waals surface area contributed by atoms with E-state index in [-0.39, 0.29) is 18.6 Å². The largest absolute Gasteiger partial charge is 0.458 e. The summed E-state index contributed by atoms with van der Waals surface area (Å²) in [5.74, 6) is -0.640. The molecule has 1 aliphatic rings. The quantitative estimate of drug-likeness (QED) is 0.482. The Morgan fingerprint density at radius 1 is 1.59 bits per heavy atom. The fourth-order valence-electron chi connectivity index (χ4n) is 3.30. The first-order chi connectivity index (χ1) is 13.6. The maximum Gasteiger partial charge on any atom is 0.303 e. The van der Waals surface area contributed by atoms with Gasteiger partial charge in [-0.3, -0.25) is 4.79 Å². The molecule has 3 rings (SSSR count). The van der Waals surface area contributed by atoms with Gasteiger partial charge in [0.05, 0.1) is 39.2 Å². The van der Waals surface area contributed by atoms with Crippen molar-refractivity contribution in [3.05, 3.63) is 21.0 Å². The van der Waals surface area contributed by atoms with Crippen molar-refractivity contribution in [2.24, 2.45) is 0 Å². The van der Waals surface area contributed by atoms with Crippen molar-refractivity contribution >= 4 is 40.0 Å². The summed E-state index contributed by atoms with van der Waals surface area (Å²) in [5.41, 5.74) is 0.0117. The number of alkyl halides is 1. The molecule has 3 unspecified atom stereocenters. The first-order valence-corrected chi connectivity index (χ1v) is 10.4.